The summed E-state index contributed by atoms with van der Waals surface area (Å²) < 4.78 is 26.0. The highest BCUT2D eigenvalue weighted by molar-refractivity contribution is 7.89. The summed E-state index contributed by atoms with van der Waals surface area (Å²) in [6, 6.07) is 5.66. The summed E-state index contributed by atoms with van der Waals surface area (Å²) in [5.41, 5.74) is 2.07. The van der Waals surface area contributed by atoms with Crippen LogP contribution in [0.3, 0.4) is 0 Å². The molecule has 1 aromatic heterocycles. The molecule has 0 aliphatic rings. The number of H-pyrrole nitrogens is 1. The van der Waals surface area contributed by atoms with Crippen molar-refractivity contribution in [3.8, 4) is 0 Å². The van der Waals surface area contributed by atoms with E-state index in [9.17, 15) is 8.42 Å². The van der Waals surface area contributed by atoms with Gasteiger partial charge < -0.3 is 4.98 Å². The Kier molecular flexibility index (Phi) is 5.07. The molecule has 6 heteroatoms. The smallest absolute Gasteiger partial charge is 0.211 e. The van der Waals surface area contributed by atoms with Crippen LogP contribution < -0.4 is 4.72 Å². The molecule has 0 amide bonds. The lowest BCUT2D eigenvalue weighted by atomic mass is 10.1. The van der Waals surface area contributed by atoms with Crippen LogP contribution >= 0.6 is 11.6 Å². The first kappa shape index (κ1) is 15.4. The van der Waals surface area contributed by atoms with E-state index in [0.29, 0.717) is 24.4 Å². The van der Waals surface area contributed by atoms with E-state index >= 15 is 0 Å². The molecule has 0 spiro atoms. The quantitative estimate of drug-likeness (QED) is 0.825. The standard InChI is InChI=1S/C14H19ClN2O2S/c1-2-3-8-20(18,19)17-7-6-11-10-16-14-9-12(15)4-5-13(11)14/h4-5,9-10,16-17H,2-3,6-8H2,1H3. The molecule has 0 bridgehead atoms. The zero-order valence-corrected chi connectivity index (χ0v) is 13.0. The molecule has 0 aliphatic carbocycles. The zero-order chi connectivity index (χ0) is 14.6. The maximum atomic E-state index is 11.7. The van der Waals surface area contributed by atoms with E-state index in [1.165, 1.54) is 0 Å². The van der Waals surface area contributed by atoms with E-state index in [0.717, 1.165) is 22.9 Å². The zero-order valence-electron chi connectivity index (χ0n) is 11.4. The van der Waals surface area contributed by atoms with E-state index in [4.69, 9.17) is 11.6 Å². The number of nitrogens with one attached hydrogen (secondary N) is 2. The summed E-state index contributed by atoms with van der Waals surface area (Å²) in [6.07, 6.45) is 4.14. The molecule has 4 nitrogen and oxygen atoms in total. The monoisotopic (exact) mass is 314 g/mol. The molecule has 0 aliphatic heterocycles. The molecule has 110 valence electrons. The Hall–Kier alpha value is -1.04. The van der Waals surface area contributed by atoms with Gasteiger partial charge in [0.15, 0.2) is 0 Å². The Balaban J connectivity index is 1.96. The van der Waals surface area contributed by atoms with Crippen LogP contribution in [0.25, 0.3) is 10.9 Å². The summed E-state index contributed by atoms with van der Waals surface area (Å²) in [5.74, 6) is 0.201. The number of aromatic amines is 1. The molecule has 0 radical (unpaired) electrons. The molecule has 0 unspecified atom stereocenters. The molecule has 0 atom stereocenters. The first-order valence-electron chi connectivity index (χ1n) is 6.74. The lowest BCUT2D eigenvalue weighted by Crippen LogP contribution is -2.28. The number of fused-ring (bicyclic) bond motifs is 1. The summed E-state index contributed by atoms with van der Waals surface area (Å²) in [7, 11) is -3.14. The minimum atomic E-state index is -3.14. The third kappa shape index (κ3) is 3.98. The van der Waals surface area contributed by atoms with Gasteiger partial charge in [-0.3, -0.25) is 0 Å². The second-order valence-corrected chi connectivity index (χ2v) is 7.18. The number of unbranched alkanes of at least 4 members (excludes halogenated alkanes) is 1. The van der Waals surface area contributed by atoms with Gasteiger partial charge in [-0.1, -0.05) is 31.0 Å². The van der Waals surface area contributed by atoms with Crippen LogP contribution in [0, 0.1) is 0 Å². The van der Waals surface area contributed by atoms with Gasteiger partial charge in [0.25, 0.3) is 0 Å². The molecule has 0 saturated carbocycles. The topological polar surface area (TPSA) is 62.0 Å². The molecule has 2 N–H and O–H groups in total. The molecular weight excluding hydrogens is 296 g/mol. The Morgan fingerprint density at radius 2 is 2.15 bits per heavy atom. The van der Waals surface area contributed by atoms with Gasteiger partial charge >= 0.3 is 0 Å². The van der Waals surface area contributed by atoms with Crippen molar-refractivity contribution in [1.29, 1.82) is 0 Å². The van der Waals surface area contributed by atoms with Crippen molar-refractivity contribution < 1.29 is 8.42 Å². The van der Waals surface area contributed by atoms with Crippen molar-refractivity contribution in [3.63, 3.8) is 0 Å². The van der Waals surface area contributed by atoms with Gasteiger partial charge in [-0.15, -0.1) is 0 Å². The maximum absolute atomic E-state index is 11.7. The number of hydrogen-bond acceptors (Lipinski definition) is 2. The molecule has 2 aromatic rings. The summed E-state index contributed by atoms with van der Waals surface area (Å²) in [5, 5.41) is 1.77. The summed E-state index contributed by atoms with van der Waals surface area (Å²) >= 11 is 5.93. The predicted molar refractivity (Wildman–Crippen MR) is 83.7 cm³/mol. The fourth-order valence-electron chi connectivity index (χ4n) is 2.11. The largest absolute Gasteiger partial charge is 0.361 e. The molecule has 1 aromatic carbocycles. The average Bonchev–Trinajstić information content (AvgIpc) is 2.79. The lowest BCUT2D eigenvalue weighted by Gasteiger charge is -2.05. The van der Waals surface area contributed by atoms with Crippen LogP contribution in [0.2, 0.25) is 5.02 Å². The van der Waals surface area contributed by atoms with Crippen LogP contribution in [0.15, 0.2) is 24.4 Å². The SMILES string of the molecule is CCCCS(=O)(=O)NCCc1c[nH]c2cc(Cl)ccc12. The van der Waals surface area contributed by atoms with Gasteiger partial charge in [0.1, 0.15) is 0 Å². The van der Waals surface area contributed by atoms with Crippen LogP contribution in [0.5, 0.6) is 0 Å². The number of benzene rings is 1. The van der Waals surface area contributed by atoms with Crippen LogP contribution in [0.4, 0.5) is 0 Å². The molecule has 0 fully saturated rings. The number of sulfonamides is 1. The fraction of sp³-hybridized carbons (Fsp3) is 0.429. The normalized spacial score (nSPS) is 12.1. The second kappa shape index (κ2) is 6.61. The van der Waals surface area contributed by atoms with Gasteiger partial charge in [-0.05, 0) is 30.5 Å². The average molecular weight is 315 g/mol. The molecule has 2 rings (SSSR count). The lowest BCUT2D eigenvalue weighted by molar-refractivity contribution is 0.578. The highest BCUT2D eigenvalue weighted by atomic mass is 35.5. The van der Waals surface area contributed by atoms with E-state index in [2.05, 4.69) is 9.71 Å². The van der Waals surface area contributed by atoms with Crippen molar-refractivity contribution in [2.45, 2.75) is 26.2 Å². The Labute approximate surface area is 124 Å². The molecule has 0 saturated heterocycles. The third-order valence-electron chi connectivity index (χ3n) is 3.21. The van der Waals surface area contributed by atoms with Crippen molar-refractivity contribution in [2.24, 2.45) is 0 Å². The van der Waals surface area contributed by atoms with E-state index in [1.54, 1.807) is 0 Å². The second-order valence-electron chi connectivity index (χ2n) is 4.82. The van der Waals surface area contributed by atoms with Crippen LogP contribution in [-0.4, -0.2) is 25.7 Å². The molecule has 20 heavy (non-hydrogen) atoms. The fourth-order valence-corrected chi connectivity index (χ4v) is 3.51. The van der Waals surface area contributed by atoms with Crippen LogP contribution in [0.1, 0.15) is 25.3 Å². The molecule has 1 heterocycles. The highest BCUT2D eigenvalue weighted by Gasteiger charge is 2.09. The van der Waals surface area contributed by atoms with Gasteiger partial charge in [-0.2, -0.15) is 0 Å². The van der Waals surface area contributed by atoms with Gasteiger partial charge in [0.05, 0.1) is 5.75 Å². The first-order valence-corrected chi connectivity index (χ1v) is 8.77. The van der Waals surface area contributed by atoms with Crippen molar-refractivity contribution in [2.75, 3.05) is 12.3 Å². The number of halogens is 1. The Morgan fingerprint density at radius 3 is 2.90 bits per heavy atom. The van der Waals surface area contributed by atoms with Crippen molar-refractivity contribution in [3.05, 3.63) is 35.0 Å². The van der Waals surface area contributed by atoms with Crippen LogP contribution in [-0.2, 0) is 16.4 Å². The minimum absolute atomic E-state index is 0.201. The Morgan fingerprint density at radius 1 is 1.35 bits per heavy atom. The minimum Gasteiger partial charge on any atom is -0.361 e. The number of aromatic nitrogens is 1. The maximum Gasteiger partial charge on any atom is 0.211 e. The summed E-state index contributed by atoms with van der Waals surface area (Å²) in [6.45, 7) is 2.40. The number of rotatable bonds is 7. The van der Waals surface area contributed by atoms with Crippen molar-refractivity contribution >= 4 is 32.5 Å². The summed E-state index contributed by atoms with van der Waals surface area (Å²) in [4.78, 5) is 3.15. The van der Waals surface area contributed by atoms with E-state index in [-0.39, 0.29) is 5.75 Å². The van der Waals surface area contributed by atoms with Gasteiger partial charge in [0.2, 0.25) is 10.0 Å². The predicted octanol–water partition coefficient (Wildman–Crippen LogP) is 3.08. The molecular formula is C14H19ClN2O2S. The van der Waals surface area contributed by atoms with Gasteiger partial charge in [0, 0.05) is 28.7 Å². The highest BCUT2D eigenvalue weighted by Crippen LogP contribution is 2.22. The number of hydrogen-bond donors (Lipinski definition) is 2. The Bertz CT molecular complexity index is 680. The van der Waals surface area contributed by atoms with Gasteiger partial charge in [-0.25, -0.2) is 13.1 Å². The first-order chi connectivity index (χ1) is 9.52. The van der Waals surface area contributed by atoms with E-state index < -0.39 is 10.0 Å². The van der Waals surface area contributed by atoms with E-state index in [1.807, 2.05) is 31.3 Å². The third-order valence-corrected chi connectivity index (χ3v) is 4.92. The van der Waals surface area contributed by atoms with Crippen molar-refractivity contribution in [1.82, 2.24) is 9.71 Å².